The first-order valence-electron chi connectivity index (χ1n) is 9.83. The molecule has 160 valence electrons. The van der Waals surface area contributed by atoms with Crippen LogP contribution in [0.5, 0.6) is 5.75 Å². The molecule has 0 unspecified atom stereocenters. The summed E-state index contributed by atoms with van der Waals surface area (Å²) in [6, 6.07) is 18.4. The van der Waals surface area contributed by atoms with Crippen molar-refractivity contribution in [1.82, 2.24) is 14.6 Å². The van der Waals surface area contributed by atoms with Crippen molar-refractivity contribution < 1.29 is 14.3 Å². The Morgan fingerprint density at radius 3 is 2.53 bits per heavy atom. The molecule has 3 N–H and O–H groups in total. The topological polar surface area (TPSA) is 128 Å². The number of nitrogen functional groups attached to an aromatic ring is 1. The van der Waals surface area contributed by atoms with Crippen LogP contribution in [0, 0.1) is 11.3 Å². The van der Waals surface area contributed by atoms with Gasteiger partial charge < -0.3 is 20.5 Å². The lowest BCUT2D eigenvalue weighted by Gasteiger charge is -2.09. The molecule has 2 heterocycles. The summed E-state index contributed by atoms with van der Waals surface area (Å²) < 4.78 is 11.7. The number of nitriles is 1. The molecule has 32 heavy (non-hydrogen) atoms. The van der Waals surface area contributed by atoms with E-state index in [0.717, 1.165) is 5.69 Å². The molecule has 9 nitrogen and oxygen atoms in total. The smallest absolute Gasteiger partial charge is 0.345 e. The number of aromatic nitrogens is 3. The van der Waals surface area contributed by atoms with Crippen molar-refractivity contribution in [3.63, 3.8) is 0 Å². The Balaban J connectivity index is 1.96. The molecule has 2 aromatic heterocycles. The standard InChI is InChI=1S/C23H20N6O3/c1-3-32-23(30)18-21(26-15-7-5-4-6-8-15)28-29-20(25)17(13-24)19(27-22(18)29)14-9-11-16(31-2)12-10-14/h4-12H,3,25H2,1-2H3,(H,26,28). The lowest BCUT2D eigenvalue weighted by molar-refractivity contribution is 0.0529. The van der Waals surface area contributed by atoms with E-state index in [1.165, 1.54) is 4.52 Å². The zero-order chi connectivity index (χ0) is 22.7. The van der Waals surface area contributed by atoms with E-state index in [9.17, 15) is 10.1 Å². The number of carbonyl (C=O) groups is 1. The predicted molar refractivity (Wildman–Crippen MR) is 120 cm³/mol. The van der Waals surface area contributed by atoms with Gasteiger partial charge in [0.2, 0.25) is 0 Å². The average Bonchev–Trinajstić information content (AvgIpc) is 3.18. The number of carbonyl (C=O) groups excluding carboxylic acids is 1. The van der Waals surface area contributed by atoms with E-state index >= 15 is 0 Å². The van der Waals surface area contributed by atoms with Crippen molar-refractivity contribution in [2.45, 2.75) is 6.92 Å². The Kier molecular flexibility index (Phi) is 5.59. The molecule has 0 saturated heterocycles. The maximum Gasteiger partial charge on any atom is 0.345 e. The highest BCUT2D eigenvalue weighted by Crippen LogP contribution is 2.32. The van der Waals surface area contributed by atoms with Crippen LogP contribution in [0.1, 0.15) is 22.8 Å². The fourth-order valence-corrected chi connectivity index (χ4v) is 3.27. The van der Waals surface area contributed by atoms with Crippen molar-refractivity contribution in [3.8, 4) is 23.1 Å². The van der Waals surface area contributed by atoms with Gasteiger partial charge in [-0.1, -0.05) is 18.2 Å². The fraction of sp³-hybridized carbons (Fsp3) is 0.130. The van der Waals surface area contributed by atoms with Crippen LogP contribution in [0.2, 0.25) is 0 Å². The molecule has 0 radical (unpaired) electrons. The second kappa shape index (κ2) is 8.65. The maximum absolute atomic E-state index is 12.8. The van der Waals surface area contributed by atoms with Gasteiger partial charge in [-0.3, -0.25) is 0 Å². The van der Waals surface area contributed by atoms with E-state index in [0.29, 0.717) is 17.0 Å². The minimum absolute atomic E-state index is 0.0648. The molecule has 2 aromatic carbocycles. The van der Waals surface area contributed by atoms with Crippen molar-refractivity contribution in [3.05, 3.63) is 65.7 Å². The highest BCUT2D eigenvalue weighted by molar-refractivity contribution is 6.02. The van der Waals surface area contributed by atoms with E-state index in [2.05, 4.69) is 21.5 Å². The Bertz CT molecular complexity index is 1320. The van der Waals surface area contributed by atoms with Gasteiger partial charge in [-0.2, -0.15) is 9.78 Å². The van der Waals surface area contributed by atoms with Crippen LogP contribution in [-0.2, 0) is 4.74 Å². The summed E-state index contributed by atoms with van der Waals surface area (Å²) in [7, 11) is 1.57. The molecule has 0 aliphatic carbocycles. The molecule has 0 aliphatic rings. The number of rotatable bonds is 6. The summed E-state index contributed by atoms with van der Waals surface area (Å²) in [5.41, 5.74) is 8.46. The first-order valence-corrected chi connectivity index (χ1v) is 9.83. The molecular weight excluding hydrogens is 408 g/mol. The van der Waals surface area contributed by atoms with Crippen LogP contribution in [-0.4, -0.2) is 34.3 Å². The summed E-state index contributed by atoms with van der Waals surface area (Å²) in [5.74, 6) is 0.352. The van der Waals surface area contributed by atoms with Gasteiger partial charge in [0.1, 0.15) is 28.8 Å². The quantitative estimate of drug-likeness (QED) is 0.444. The number of nitrogens with one attached hydrogen (secondary N) is 1. The van der Waals surface area contributed by atoms with E-state index in [1.807, 2.05) is 30.3 Å². The number of anilines is 3. The second-order valence-corrected chi connectivity index (χ2v) is 6.73. The number of esters is 1. The molecule has 0 amide bonds. The van der Waals surface area contributed by atoms with E-state index in [4.69, 9.17) is 15.2 Å². The molecule has 0 fully saturated rings. The Morgan fingerprint density at radius 1 is 1.19 bits per heavy atom. The van der Waals surface area contributed by atoms with Gasteiger partial charge in [-0.25, -0.2) is 9.78 Å². The Morgan fingerprint density at radius 2 is 1.91 bits per heavy atom. The second-order valence-electron chi connectivity index (χ2n) is 6.73. The van der Waals surface area contributed by atoms with Crippen LogP contribution in [0.25, 0.3) is 16.9 Å². The third kappa shape index (κ3) is 3.65. The Hall–Kier alpha value is -4.58. The van der Waals surface area contributed by atoms with E-state index in [-0.39, 0.29) is 35.0 Å². The van der Waals surface area contributed by atoms with Gasteiger partial charge in [0.05, 0.1) is 19.4 Å². The summed E-state index contributed by atoms with van der Waals surface area (Å²) in [4.78, 5) is 17.5. The van der Waals surface area contributed by atoms with Crippen molar-refractivity contribution in [1.29, 1.82) is 5.26 Å². The van der Waals surface area contributed by atoms with Gasteiger partial charge in [0.15, 0.2) is 11.5 Å². The van der Waals surface area contributed by atoms with Crippen molar-refractivity contribution >= 4 is 28.9 Å². The zero-order valence-electron chi connectivity index (χ0n) is 17.5. The summed E-state index contributed by atoms with van der Waals surface area (Å²) >= 11 is 0. The number of nitrogens with two attached hydrogens (primary N) is 1. The number of para-hydroxylation sites is 1. The Labute approximate surface area is 184 Å². The fourth-order valence-electron chi connectivity index (χ4n) is 3.27. The van der Waals surface area contributed by atoms with Crippen LogP contribution in [0.4, 0.5) is 17.3 Å². The number of methoxy groups -OCH3 is 1. The zero-order valence-corrected chi connectivity index (χ0v) is 17.5. The number of fused-ring (bicyclic) bond motifs is 1. The van der Waals surface area contributed by atoms with Crippen molar-refractivity contribution in [2.75, 3.05) is 24.8 Å². The lowest BCUT2D eigenvalue weighted by atomic mass is 10.1. The third-order valence-corrected chi connectivity index (χ3v) is 4.79. The molecule has 0 spiro atoms. The number of hydrogen-bond donors (Lipinski definition) is 2. The molecule has 0 aliphatic heterocycles. The van der Waals surface area contributed by atoms with Crippen LogP contribution in [0.15, 0.2) is 54.6 Å². The van der Waals surface area contributed by atoms with Gasteiger partial charge in [-0.15, -0.1) is 5.10 Å². The molecule has 4 aromatic rings. The average molecular weight is 428 g/mol. The molecule has 9 heteroatoms. The minimum atomic E-state index is -0.599. The van der Waals surface area contributed by atoms with E-state index < -0.39 is 5.97 Å². The normalized spacial score (nSPS) is 10.5. The first kappa shape index (κ1) is 20.7. The lowest BCUT2D eigenvalue weighted by Crippen LogP contribution is -2.09. The molecular formula is C23H20N6O3. The van der Waals surface area contributed by atoms with Gasteiger partial charge >= 0.3 is 5.97 Å². The largest absolute Gasteiger partial charge is 0.497 e. The number of nitrogens with zero attached hydrogens (tertiary/aromatic N) is 4. The molecule has 0 saturated carbocycles. The van der Waals surface area contributed by atoms with Gasteiger partial charge in [-0.05, 0) is 43.3 Å². The monoisotopic (exact) mass is 428 g/mol. The molecule has 0 atom stereocenters. The summed E-state index contributed by atoms with van der Waals surface area (Å²) in [6.07, 6.45) is 0. The van der Waals surface area contributed by atoms with Gasteiger partial charge in [0.25, 0.3) is 0 Å². The molecule has 0 bridgehead atoms. The summed E-state index contributed by atoms with van der Waals surface area (Å²) in [5, 5.41) is 17.3. The first-order chi connectivity index (χ1) is 15.6. The van der Waals surface area contributed by atoms with Crippen LogP contribution >= 0.6 is 0 Å². The molecule has 4 rings (SSSR count). The predicted octanol–water partition coefficient (Wildman–Crippen LogP) is 3.78. The maximum atomic E-state index is 12.8. The number of benzene rings is 2. The number of hydrogen-bond acceptors (Lipinski definition) is 8. The third-order valence-electron chi connectivity index (χ3n) is 4.79. The van der Waals surface area contributed by atoms with Crippen LogP contribution in [0.3, 0.4) is 0 Å². The van der Waals surface area contributed by atoms with Crippen molar-refractivity contribution in [2.24, 2.45) is 0 Å². The van der Waals surface area contributed by atoms with Crippen LogP contribution < -0.4 is 15.8 Å². The number of ether oxygens (including phenoxy) is 2. The highest BCUT2D eigenvalue weighted by Gasteiger charge is 2.26. The van der Waals surface area contributed by atoms with E-state index in [1.54, 1.807) is 38.3 Å². The minimum Gasteiger partial charge on any atom is -0.497 e. The highest BCUT2D eigenvalue weighted by atomic mass is 16.5. The SMILES string of the molecule is CCOC(=O)c1c(Nc2ccccc2)nn2c(N)c(C#N)c(-c3ccc(OC)cc3)nc12. The summed E-state index contributed by atoms with van der Waals surface area (Å²) in [6.45, 7) is 1.89. The van der Waals surface area contributed by atoms with Gasteiger partial charge in [0, 0.05) is 11.3 Å².